The van der Waals surface area contributed by atoms with Gasteiger partial charge in [0.15, 0.2) is 5.65 Å². The molecular formula is C27H23Cl2N7O2. The second kappa shape index (κ2) is 9.41. The Morgan fingerprint density at radius 3 is 2.34 bits per heavy atom. The number of anilines is 1. The molecule has 1 fully saturated rings. The van der Waals surface area contributed by atoms with Crippen LogP contribution in [0.2, 0.25) is 10.0 Å². The first-order valence-corrected chi connectivity index (χ1v) is 13.0. The zero-order valence-corrected chi connectivity index (χ0v) is 21.9. The Morgan fingerprint density at radius 2 is 1.66 bits per heavy atom. The molecule has 6 rings (SSSR count). The lowest BCUT2D eigenvalue weighted by molar-refractivity contribution is -0.121. The maximum Gasteiger partial charge on any atom is 0.263 e. The highest BCUT2D eigenvalue weighted by Crippen LogP contribution is 2.42. The van der Waals surface area contributed by atoms with Crippen LogP contribution in [0.4, 0.5) is 5.82 Å². The Bertz CT molecular complexity index is 1710. The first-order chi connectivity index (χ1) is 18.3. The highest BCUT2D eigenvalue weighted by Gasteiger charge is 2.43. The number of aryl methyl sites for hydroxylation is 1. The van der Waals surface area contributed by atoms with E-state index in [1.807, 2.05) is 31.2 Å². The van der Waals surface area contributed by atoms with Crippen LogP contribution in [0, 0.1) is 6.92 Å². The van der Waals surface area contributed by atoms with Crippen molar-refractivity contribution in [2.75, 3.05) is 5.32 Å². The molecule has 3 aromatic heterocycles. The first-order valence-electron chi connectivity index (χ1n) is 12.2. The minimum absolute atomic E-state index is 0.131. The molecule has 0 aliphatic heterocycles. The summed E-state index contributed by atoms with van der Waals surface area (Å²) in [7, 11) is 0. The molecule has 0 bridgehead atoms. The summed E-state index contributed by atoms with van der Waals surface area (Å²) in [6.45, 7) is 1.81. The molecule has 1 saturated carbocycles. The molecule has 192 valence electrons. The summed E-state index contributed by atoms with van der Waals surface area (Å²) in [5.74, 6) is 0.439. The van der Waals surface area contributed by atoms with Gasteiger partial charge in [0, 0.05) is 16.1 Å². The van der Waals surface area contributed by atoms with Crippen molar-refractivity contribution >= 4 is 46.0 Å². The van der Waals surface area contributed by atoms with Crippen molar-refractivity contribution in [3.63, 3.8) is 0 Å². The summed E-state index contributed by atoms with van der Waals surface area (Å²) < 4.78 is 3.00. The van der Waals surface area contributed by atoms with E-state index in [-0.39, 0.29) is 17.4 Å². The number of hydrogen-bond donors (Lipinski definition) is 2. The number of amides is 1. The van der Waals surface area contributed by atoms with Crippen LogP contribution < -0.4 is 10.9 Å². The number of H-pyrrole nitrogens is 1. The second-order valence-corrected chi connectivity index (χ2v) is 10.4. The SMILES string of the molecule is Cc1cc(NC(=O)C2(c3ccc(Cl)cc3)CCCC2)n(-c2nc3c(cnn3-c3ccc(Cl)cc3)c(=O)[nH]2)n1. The summed E-state index contributed by atoms with van der Waals surface area (Å²) in [5.41, 5.74) is 1.59. The summed E-state index contributed by atoms with van der Waals surface area (Å²) in [5, 5.41) is 13.5. The molecule has 11 heteroatoms. The van der Waals surface area contributed by atoms with Crippen molar-refractivity contribution in [2.24, 2.45) is 0 Å². The lowest BCUT2D eigenvalue weighted by atomic mass is 9.78. The third kappa shape index (κ3) is 4.17. The average molecular weight is 548 g/mol. The third-order valence-corrected chi connectivity index (χ3v) is 7.56. The predicted molar refractivity (Wildman–Crippen MR) is 147 cm³/mol. The quantitative estimate of drug-likeness (QED) is 0.307. The molecule has 1 aliphatic rings. The number of carbonyl (C=O) groups is 1. The number of hydrogen-bond acceptors (Lipinski definition) is 5. The van der Waals surface area contributed by atoms with Gasteiger partial charge in [0.05, 0.1) is 23.0 Å². The third-order valence-electron chi connectivity index (χ3n) is 7.06. The molecule has 2 aromatic carbocycles. The van der Waals surface area contributed by atoms with Crippen molar-refractivity contribution in [3.8, 4) is 11.6 Å². The zero-order valence-electron chi connectivity index (χ0n) is 20.4. The molecule has 3 heterocycles. The molecule has 0 spiro atoms. The molecule has 5 aromatic rings. The van der Waals surface area contributed by atoms with Gasteiger partial charge in [-0.05, 0) is 61.7 Å². The maximum atomic E-state index is 13.8. The van der Waals surface area contributed by atoms with E-state index in [0.29, 0.717) is 38.3 Å². The van der Waals surface area contributed by atoms with Gasteiger partial charge in [0.1, 0.15) is 11.2 Å². The van der Waals surface area contributed by atoms with Gasteiger partial charge in [-0.2, -0.15) is 19.9 Å². The van der Waals surface area contributed by atoms with E-state index in [0.717, 1.165) is 31.2 Å². The second-order valence-electron chi connectivity index (χ2n) is 9.49. The molecule has 1 amide bonds. The summed E-state index contributed by atoms with van der Waals surface area (Å²) in [6.07, 6.45) is 4.83. The van der Waals surface area contributed by atoms with Crippen molar-refractivity contribution in [2.45, 2.75) is 38.0 Å². The highest BCUT2D eigenvalue weighted by molar-refractivity contribution is 6.30. The smallest absolute Gasteiger partial charge is 0.263 e. The van der Waals surface area contributed by atoms with Gasteiger partial charge in [0.2, 0.25) is 11.9 Å². The van der Waals surface area contributed by atoms with Crippen LogP contribution in [0.25, 0.3) is 22.7 Å². The van der Waals surface area contributed by atoms with Crippen LogP contribution >= 0.6 is 23.2 Å². The van der Waals surface area contributed by atoms with E-state index in [1.54, 1.807) is 35.0 Å². The number of nitrogens with one attached hydrogen (secondary N) is 2. The first kappa shape index (κ1) is 24.4. The van der Waals surface area contributed by atoms with E-state index < -0.39 is 5.41 Å². The number of rotatable bonds is 5. The van der Waals surface area contributed by atoms with Gasteiger partial charge in [-0.1, -0.05) is 48.2 Å². The number of aromatic nitrogens is 6. The molecule has 9 nitrogen and oxygen atoms in total. The molecule has 0 unspecified atom stereocenters. The number of halogens is 2. The van der Waals surface area contributed by atoms with Crippen molar-refractivity contribution in [3.05, 3.63) is 92.5 Å². The van der Waals surface area contributed by atoms with Crippen LogP contribution in [0.15, 0.2) is 65.6 Å². The van der Waals surface area contributed by atoms with Crippen LogP contribution in [-0.2, 0) is 10.2 Å². The van der Waals surface area contributed by atoms with Gasteiger partial charge in [-0.15, -0.1) is 0 Å². The Hall–Kier alpha value is -3.95. The Labute approximate surface area is 227 Å². The lowest BCUT2D eigenvalue weighted by Crippen LogP contribution is -2.38. The van der Waals surface area contributed by atoms with E-state index in [2.05, 4.69) is 25.5 Å². The minimum atomic E-state index is -0.675. The molecule has 0 radical (unpaired) electrons. The monoisotopic (exact) mass is 547 g/mol. The summed E-state index contributed by atoms with van der Waals surface area (Å²) in [6, 6.07) is 16.3. The average Bonchev–Trinajstić information content (AvgIpc) is 3.64. The van der Waals surface area contributed by atoms with Gasteiger partial charge < -0.3 is 5.32 Å². The fraction of sp³-hybridized carbons (Fsp3) is 0.222. The van der Waals surface area contributed by atoms with Gasteiger partial charge in [0.25, 0.3) is 5.56 Å². The molecule has 0 atom stereocenters. The molecule has 38 heavy (non-hydrogen) atoms. The minimum Gasteiger partial charge on any atom is -0.310 e. The van der Waals surface area contributed by atoms with Crippen LogP contribution in [0.3, 0.4) is 0 Å². The van der Waals surface area contributed by atoms with Crippen molar-refractivity contribution in [1.29, 1.82) is 0 Å². The van der Waals surface area contributed by atoms with E-state index in [1.165, 1.54) is 10.9 Å². The number of aromatic amines is 1. The van der Waals surface area contributed by atoms with Crippen molar-refractivity contribution in [1.82, 2.24) is 29.5 Å². The van der Waals surface area contributed by atoms with Crippen LogP contribution in [0.1, 0.15) is 36.9 Å². The molecular weight excluding hydrogens is 525 g/mol. The predicted octanol–water partition coefficient (Wildman–Crippen LogP) is 5.36. The zero-order chi connectivity index (χ0) is 26.4. The van der Waals surface area contributed by atoms with Crippen molar-refractivity contribution < 1.29 is 4.79 Å². The molecule has 1 aliphatic carbocycles. The number of fused-ring (bicyclic) bond motifs is 1. The van der Waals surface area contributed by atoms with Crippen LogP contribution in [0.5, 0.6) is 0 Å². The van der Waals surface area contributed by atoms with E-state index in [9.17, 15) is 9.59 Å². The Morgan fingerprint density at radius 1 is 1.00 bits per heavy atom. The van der Waals surface area contributed by atoms with Crippen LogP contribution in [-0.4, -0.2) is 35.4 Å². The number of benzene rings is 2. The molecule has 2 N–H and O–H groups in total. The Kier molecular flexibility index (Phi) is 6.04. The standard InChI is InChI=1S/C27H23Cl2N7O2/c1-16-14-22(31-25(38)27(12-2-3-13-27)17-4-6-18(28)7-5-17)36(34-16)26-32-23-21(24(37)33-26)15-30-35(23)20-10-8-19(29)9-11-20/h4-11,14-15H,2-3,12-13H2,1H3,(H,31,38)(H,32,33,37). The largest absolute Gasteiger partial charge is 0.310 e. The highest BCUT2D eigenvalue weighted by atomic mass is 35.5. The summed E-state index contributed by atoms with van der Waals surface area (Å²) >= 11 is 12.1. The fourth-order valence-electron chi connectivity index (χ4n) is 5.16. The topological polar surface area (TPSA) is 110 Å². The van der Waals surface area contributed by atoms with Gasteiger partial charge in [-0.25, -0.2) is 4.68 Å². The number of carbonyl (C=O) groups excluding carboxylic acids is 1. The van der Waals surface area contributed by atoms with Gasteiger partial charge in [-0.3, -0.25) is 14.6 Å². The normalized spacial score (nSPS) is 14.7. The fourth-order valence-corrected chi connectivity index (χ4v) is 5.41. The lowest BCUT2D eigenvalue weighted by Gasteiger charge is -2.28. The maximum absolute atomic E-state index is 13.8. The summed E-state index contributed by atoms with van der Waals surface area (Å²) in [4.78, 5) is 34.2. The van der Waals surface area contributed by atoms with Gasteiger partial charge >= 0.3 is 0 Å². The van der Waals surface area contributed by atoms with E-state index >= 15 is 0 Å². The molecule has 0 saturated heterocycles. The van der Waals surface area contributed by atoms with E-state index in [4.69, 9.17) is 23.2 Å². The number of nitrogens with zero attached hydrogens (tertiary/aromatic N) is 5. The Balaban J connectivity index is 1.40.